The van der Waals surface area contributed by atoms with Crippen molar-refractivity contribution in [3.63, 3.8) is 0 Å². The van der Waals surface area contributed by atoms with Gasteiger partial charge in [0, 0.05) is 24.6 Å². The van der Waals surface area contributed by atoms with Gasteiger partial charge in [0.2, 0.25) is 0 Å². The number of carbonyl (C=O) groups excluding carboxylic acids is 1. The van der Waals surface area contributed by atoms with Gasteiger partial charge in [-0.25, -0.2) is 4.98 Å². The zero-order valence-electron chi connectivity index (χ0n) is 19.2. The Bertz CT molecular complexity index is 1080. The van der Waals surface area contributed by atoms with E-state index in [0.717, 1.165) is 62.2 Å². The van der Waals surface area contributed by atoms with Gasteiger partial charge in [-0.05, 0) is 99.2 Å². The highest BCUT2D eigenvalue weighted by atomic mass is 16.1. The average molecular weight is 434 g/mol. The monoisotopic (exact) mass is 433 g/mol. The molecular formula is C27H35N3O2. The summed E-state index contributed by atoms with van der Waals surface area (Å²) in [6, 6.07) is 5.70. The van der Waals surface area contributed by atoms with Crippen LogP contribution in [-0.4, -0.2) is 21.5 Å². The first kappa shape index (κ1) is 20.4. The molecule has 0 spiro atoms. The molecule has 7 rings (SSSR count). The molecule has 0 radical (unpaired) electrons. The Morgan fingerprint density at radius 3 is 2.53 bits per heavy atom. The Hall–Kier alpha value is -2.17. The molecule has 2 heterocycles. The molecule has 1 atom stereocenters. The van der Waals surface area contributed by atoms with Gasteiger partial charge in [-0.1, -0.05) is 13.3 Å². The van der Waals surface area contributed by atoms with E-state index >= 15 is 0 Å². The van der Waals surface area contributed by atoms with Gasteiger partial charge in [0.25, 0.3) is 11.5 Å². The summed E-state index contributed by atoms with van der Waals surface area (Å²) in [7, 11) is 0. The number of hydrogen-bond acceptors (Lipinski definition) is 3. The van der Waals surface area contributed by atoms with Crippen LogP contribution in [0.2, 0.25) is 0 Å². The molecule has 5 aliphatic rings. The molecule has 170 valence electrons. The molecule has 1 amide bonds. The molecule has 5 nitrogen and oxygen atoms in total. The summed E-state index contributed by atoms with van der Waals surface area (Å²) in [5, 5.41) is 4.07. The maximum absolute atomic E-state index is 13.4. The van der Waals surface area contributed by atoms with Crippen LogP contribution in [0.1, 0.15) is 87.3 Å². The molecule has 0 saturated heterocycles. The molecule has 32 heavy (non-hydrogen) atoms. The number of hydrogen-bond donors (Lipinski definition) is 1. The number of rotatable bonds is 4. The second-order valence-electron chi connectivity index (χ2n) is 11.2. The van der Waals surface area contributed by atoms with E-state index in [0.29, 0.717) is 21.9 Å². The Balaban J connectivity index is 1.28. The van der Waals surface area contributed by atoms with Crippen LogP contribution in [0.5, 0.6) is 0 Å². The lowest BCUT2D eigenvalue weighted by molar-refractivity contribution is -0.0727. The predicted octanol–water partition coefficient (Wildman–Crippen LogP) is 4.85. The summed E-state index contributed by atoms with van der Waals surface area (Å²) in [6.07, 6.45) is 13.2. The third-order valence-corrected chi connectivity index (χ3v) is 9.12. The second-order valence-corrected chi connectivity index (χ2v) is 11.2. The summed E-state index contributed by atoms with van der Waals surface area (Å²) in [4.78, 5) is 31.2. The van der Waals surface area contributed by atoms with E-state index in [-0.39, 0.29) is 17.5 Å². The van der Waals surface area contributed by atoms with Gasteiger partial charge in [0.1, 0.15) is 5.82 Å². The molecule has 2 aromatic rings. The minimum atomic E-state index is -0.00802. The Kier molecular flexibility index (Phi) is 4.92. The van der Waals surface area contributed by atoms with Gasteiger partial charge in [-0.3, -0.25) is 14.2 Å². The van der Waals surface area contributed by atoms with Crippen molar-refractivity contribution in [1.29, 1.82) is 0 Å². The van der Waals surface area contributed by atoms with Crippen LogP contribution < -0.4 is 10.9 Å². The Morgan fingerprint density at radius 1 is 1.12 bits per heavy atom. The number of nitrogens with one attached hydrogen (secondary N) is 1. The van der Waals surface area contributed by atoms with Crippen LogP contribution in [0, 0.1) is 23.2 Å². The highest BCUT2D eigenvalue weighted by Gasteiger charge is 2.54. The summed E-state index contributed by atoms with van der Waals surface area (Å²) in [5.41, 5.74) is 1.63. The predicted molar refractivity (Wildman–Crippen MR) is 126 cm³/mol. The van der Waals surface area contributed by atoms with E-state index in [4.69, 9.17) is 4.98 Å². The van der Waals surface area contributed by atoms with Gasteiger partial charge < -0.3 is 5.32 Å². The smallest absolute Gasteiger partial charge is 0.261 e. The van der Waals surface area contributed by atoms with Crippen LogP contribution in [-0.2, 0) is 13.0 Å². The van der Waals surface area contributed by atoms with Crippen molar-refractivity contribution in [3.8, 4) is 0 Å². The summed E-state index contributed by atoms with van der Waals surface area (Å²) in [5.74, 6) is 3.49. The van der Waals surface area contributed by atoms with Crippen molar-refractivity contribution in [2.75, 3.05) is 0 Å². The molecule has 4 aliphatic carbocycles. The van der Waals surface area contributed by atoms with E-state index in [1.54, 1.807) is 0 Å². The molecule has 1 aliphatic heterocycles. The number of aryl methyl sites for hydroxylation is 1. The molecule has 4 fully saturated rings. The normalized spacial score (nSPS) is 31.8. The summed E-state index contributed by atoms with van der Waals surface area (Å²) >= 11 is 0. The van der Waals surface area contributed by atoms with Gasteiger partial charge in [-0.2, -0.15) is 0 Å². The van der Waals surface area contributed by atoms with E-state index < -0.39 is 0 Å². The van der Waals surface area contributed by atoms with Crippen molar-refractivity contribution in [2.24, 2.45) is 23.2 Å². The first-order valence-corrected chi connectivity index (χ1v) is 12.9. The quantitative estimate of drug-likeness (QED) is 0.750. The average Bonchev–Trinajstić information content (AvgIpc) is 3.02. The van der Waals surface area contributed by atoms with E-state index in [1.807, 2.05) is 22.8 Å². The van der Waals surface area contributed by atoms with Gasteiger partial charge >= 0.3 is 0 Å². The SMILES string of the molecule is CC[C@H](NC(=O)c1ccc2c(=O)n3c(nc2c1)CCCCC3)C12CC3CC(CC(C3)C1)C2. The van der Waals surface area contributed by atoms with Gasteiger partial charge in [0.15, 0.2) is 0 Å². The highest BCUT2D eigenvalue weighted by molar-refractivity contribution is 5.97. The first-order valence-electron chi connectivity index (χ1n) is 12.9. The molecular weight excluding hydrogens is 398 g/mol. The fourth-order valence-corrected chi connectivity index (χ4v) is 8.09. The van der Waals surface area contributed by atoms with Crippen LogP contribution in [0.4, 0.5) is 0 Å². The van der Waals surface area contributed by atoms with Crippen LogP contribution in [0.3, 0.4) is 0 Å². The first-order chi connectivity index (χ1) is 15.5. The third-order valence-electron chi connectivity index (χ3n) is 9.12. The van der Waals surface area contributed by atoms with Crippen LogP contribution >= 0.6 is 0 Å². The zero-order chi connectivity index (χ0) is 21.9. The largest absolute Gasteiger partial charge is 0.349 e. The van der Waals surface area contributed by atoms with Crippen LogP contribution in [0.15, 0.2) is 23.0 Å². The molecule has 1 aromatic carbocycles. The minimum Gasteiger partial charge on any atom is -0.349 e. The summed E-state index contributed by atoms with van der Waals surface area (Å²) < 4.78 is 1.84. The van der Waals surface area contributed by atoms with E-state index in [1.165, 1.54) is 38.5 Å². The molecule has 4 saturated carbocycles. The summed E-state index contributed by atoms with van der Waals surface area (Å²) in [6.45, 7) is 2.98. The van der Waals surface area contributed by atoms with Gasteiger partial charge in [-0.15, -0.1) is 0 Å². The highest BCUT2D eigenvalue weighted by Crippen LogP contribution is 2.61. The number of nitrogens with zero attached hydrogens (tertiary/aromatic N) is 2. The molecule has 1 aromatic heterocycles. The minimum absolute atomic E-state index is 0.00802. The lowest BCUT2D eigenvalue weighted by Crippen LogP contribution is -2.56. The van der Waals surface area contributed by atoms with Gasteiger partial charge in [0.05, 0.1) is 10.9 Å². The van der Waals surface area contributed by atoms with E-state index in [2.05, 4.69) is 12.2 Å². The van der Waals surface area contributed by atoms with Crippen LogP contribution in [0.25, 0.3) is 10.9 Å². The van der Waals surface area contributed by atoms with E-state index in [9.17, 15) is 9.59 Å². The standard InChI is InChI=1S/C27H35N3O2/c1-2-23(27-14-17-10-18(15-27)12-19(11-17)16-27)29-25(31)20-7-8-21-22(13-20)28-24-6-4-3-5-9-30(24)26(21)32/h7-8,13,17-19,23H,2-6,9-12,14-16H2,1H3,(H,29,31)/t17?,18?,19?,23-,27?/m0/s1. The fourth-order valence-electron chi connectivity index (χ4n) is 8.09. The lowest BCUT2D eigenvalue weighted by atomic mass is 9.47. The maximum Gasteiger partial charge on any atom is 0.261 e. The topological polar surface area (TPSA) is 64.0 Å². The Labute approximate surface area is 190 Å². The van der Waals surface area contributed by atoms with Crippen molar-refractivity contribution < 1.29 is 4.79 Å². The van der Waals surface area contributed by atoms with Crippen molar-refractivity contribution in [3.05, 3.63) is 39.9 Å². The third kappa shape index (κ3) is 3.31. The molecule has 5 heteroatoms. The van der Waals surface area contributed by atoms with Crippen molar-refractivity contribution in [2.45, 2.75) is 90.1 Å². The fraction of sp³-hybridized carbons (Fsp3) is 0.667. The van der Waals surface area contributed by atoms with Crippen molar-refractivity contribution >= 4 is 16.8 Å². The Morgan fingerprint density at radius 2 is 1.84 bits per heavy atom. The number of fused-ring (bicyclic) bond motifs is 2. The molecule has 4 bridgehead atoms. The zero-order valence-corrected chi connectivity index (χ0v) is 19.2. The number of carbonyl (C=O) groups is 1. The number of amides is 1. The molecule has 0 unspecified atom stereocenters. The van der Waals surface area contributed by atoms with Crippen molar-refractivity contribution in [1.82, 2.24) is 14.9 Å². The molecule has 1 N–H and O–H groups in total. The number of aromatic nitrogens is 2. The maximum atomic E-state index is 13.4. The lowest BCUT2D eigenvalue weighted by Gasteiger charge is -2.59. The second kappa shape index (κ2) is 7.71. The number of benzene rings is 1.